The number of carbonyl (C=O) groups excluding carboxylic acids is 1. The fourth-order valence-electron chi connectivity index (χ4n) is 2.87. The molecule has 116 valence electrons. The van der Waals surface area contributed by atoms with Crippen molar-refractivity contribution in [3.05, 3.63) is 0 Å². The smallest absolute Gasteiger partial charge is 0.326 e. The van der Waals surface area contributed by atoms with Crippen LogP contribution in [0.25, 0.3) is 0 Å². The van der Waals surface area contributed by atoms with Gasteiger partial charge in [-0.2, -0.15) is 0 Å². The summed E-state index contributed by atoms with van der Waals surface area (Å²) >= 11 is 0. The van der Waals surface area contributed by atoms with Gasteiger partial charge in [0.05, 0.1) is 0 Å². The van der Waals surface area contributed by atoms with Crippen LogP contribution in [0.4, 0.5) is 4.79 Å². The zero-order valence-corrected chi connectivity index (χ0v) is 13.0. The van der Waals surface area contributed by atoms with Crippen LogP contribution in [0, 0.1) is 11.3 Å². The summed E-state index contributed by atoms with van der Waals surface area (Å²) in [6, 6.07) is -1.04. The Morgan fingerprint density at radius 1 is 1.40 bits per heavy atom. The van der Waals surface area contributed by atoms with Crippen molar-refractivity contribution in [3.63, 3.8) is 0 Å². The van der Waals surface area contributed by atoms with E-state index in [1.54, 1.807) is 0 Å². The van der Waals surface area contributed by atoms with Crippen molar-refractivity contribution in [1.29, 1.82) is 0 Å². The van der Waals surface area contributed by atoms with Gasteiger partial charge in [0.1, 0.15) is 6.04 Å². The van der Waals surface area contributed by atoms with E-state index in [0.29, 0.717) is 6.42 Å². The number of urea groups is 1. The van der Waals surface area contributed by atoms with Gasteiger partial charge in [-0.3, -0.25) is 0 Å². The van der Waals surface area contributed by atoms with E-state index in [9.17, 15) is 14.7 Å². The number of hydrogen-bond acceptors (Lipinski definition) is 2. The molecule has 1 fully saturated rings. The first-order valence-electron chi connectivity index (χ1n) is 7.55. The number of nitrogens with one attached hydrogen (secondary N) is 2. The molecule has 5 heteroatoms. The summed E-state index contributed by atoms with van der Waals surface area (Å²) < 4.78 is 0. The quantitative estimate of drug-likeness (QED) is 0.726. The molecule has 0 spiro atoms. The Bertz CT molecular complexity index is 355. The number of amides is 2. The summed E-state index contributed by atoms with van der Waals surface area (Å²) in [7, 11) is 0. The molecule has 0 heterocycles. The number of hydrogen-bond donors (Lipinski definition) is 3. The van der Waals surface area contributed by atoms with Gasteiger partial charge in [0, 0.05) is 6.04 Å². The second-order valence-electron chi connectivity index (χ2n) is 6.78. The fourth-order valence-corrected chi connectivity index (χ4v) is 2.87. The molecule has 0 aromatic heterocycles. The van der Waals surface area contributed by atoms with Crippen LogP contribution < -0.4 is 10.6 Å². The van der Waals surface area contributed by atoms with Gasteiger partial charge >= 0.3 is 12.0 Å². The molecule has 0 saturated heterocycles. The lowest BCUT2D eigenvalue weighted by molar-refractivity contribution is -0.140. The van der Waals surface area contributed by atoms with E-state index in [1.807, 2.05) is 13.8 Å². The molecule has 5 nitrogen and oxygen atoms in total. The highest BCUT2D eigenvalue weighted by Gasteiger charge is 2.30. The highest BCUT2D eigenvalue weighted by atomic mass is 16.4. The molecule has 0 aromatic rings. The Morgan fingerprint density at radius 2 is 2.05 bits per heavy atom. The first-order valence-corrected chi connectivity index (χ1v) is 7.55. The topological polar surface area (TPSA) is 78.4 Å². The Kier molecular flexibility index (Phi) is 5.84. The van der Waals surface area contributed by atoms with E-state index in [-0.39, 0.29) is 23.4 Å². The normalized spacial score (nSPS) is 24.5. The van der Waals surface area contributed by atoms with Crippen LogP contribution in [0.5, 0.6) is 0 Å². The maximum Gasteiger partial charge on any atom is 0.326 e. The molecule has 0 aromatic carbocycles. The van der Waals surface area contributed by atoms with Gasteiger partial charge in [-0.1, -0.05) is 40.5 Å². The lowest BCUT2D eigenvalue weighted by atomic mass is 9.75. The van der Waals surface area contributed by atoms with Crippen LogP contribution in [0.3, 0.4) is 0 Å². The maximum atomic E-state index is 12.0. The zero-order valence-electron chi connectivity index (χ0n) is 13.0. The van der Waals surface area contributed by atoms with Crippen molar-refractivity contribution in [2.24, 2.45) is 11.3 Å². The first-order chi connectivity index (χ1) is 9.25. The summed E-state index contributed by atoms with van der Waals surface area (Å²) in [5, 5.41) is 14.7. The van der Waals surface area contributed by atoms with E-state index in [1.165, 1.54) is 6.42 Å². The lowest BCUT2D eigenvalue weighted by Crippen LogP contribution is -2.52. The van der Waals surface area contributed by atoms with Gasteiger partial charge in [-0.25, -0.2) is 9.59 Å². The molecule has 0 aliphatic heterocycles. The maximum absolute atomic E-state index is 12.0. The SMILES string of the molecule is CCC(C)C(NC(=O)NC1CCCC(C)(C)C1)C(=O)O. The van der Waals surface area contributed by atoms with Crippen LogP contribution in [0.15, 0.2) is 0 Å². The average Bonchev–Trinajstić information content (AvgIpc) is 2.33. The van der Waals surface area contributed by atoms with Gasteiger partial charge in [0.2, 0.25) is 0 Å². The molecule has 1 aliphatic rings. The number of carboxylic acids is 1. The minimum absolute atomic E-state index is 0.0824. The molecule has 20 heavy (non-hydrogen) atoms. The van der Waals surface area contributed by atoms with Crippen molar-refractivity contribution in [2.45, 2.75) is 71.9 Å². The largest absolute Gasteiger partial charge is 0.480 e. The monoisotopic (exact) mass is 284 g/mol. The third-order valence-electron chi connectivity index (χ3n) is 4.31. The number of carboxylic acid groups (broad SMARTS) is 1. The third kappa shape index (κ3) is 5.02. The highest BCUT2D eigenvalue weighted by molar-refractivity contribution is 5.82. The fraction of sp³-hybridized carbons (Fsp3) is 0.867. The molecular formula is C15H28N2O3. The first kappa shape index (κ1) is 16.8. The highest BCUT2D eigenvalue weighted by Crippen LogP contribution is 2.34. The molecular weight excluding hydrogens is 256 g/mol. The van der Waals surface area contributed by atoms with Crippen molar-refractivity contribution in [2.75, 3.05) is 0 Å². The molecule has 1 aliphatic carbocycles. The van der Waals surface area contributed by atoms with Crippen molar-refractivity contribution >= 4 is 12.0 Å². The van der Waals surface area contributed by atoms with Crippen LogP contribution in [-0.4, -0.2) is 29.2 Å². The van der Waals surface area contributed by atoms with Crippen molar-refractivity contribution in [1.82, 2.24) is 10.6 Å². The van der Waals surface area contributed by atoms with E-state index in [4.69, 9.17) is 0 Å². The van der Waals surface area contributed by atoms with E-state index >= 15 is 0 Å². The van der Waals surface area contributed by atoms with Gasteiger partial charge in [-0.05, 0) is 30.6 Å². The summed E-state index contributed by atoms with van der Waals surface area (Å²) in [6.45, 7) is 8.17. The summed E-state index contributed by atoms with van der Waals surface area (Å²) in [4.78, 5) is 23.2. The average molecular weight is 284 g/mol. The summed E-state index contributed by atoms with van der Waals surface area (Å²) in [6.07, 6.45) is 4.91. The van der Waals surface area contributed by atoms with E-state index < -0.39 is 12.0 Å². The summed E-state index contributed by atoms with van der Waals surface area (Å²) in [5.74, 6) is -1.06. The molecule has 1 saturated carbocycles. The second-order valence-corrected chi connectivity index (χ2v) is 6.78. The van der Waals surface area contributed by atoms with Gasteiger partial charge < -0.3 is 15.7 Å². The molecule has 3 N–H and O–H groups in total. The predicted octanol–water partition coefficient (Wildman–Crippen LogP) is 2.75. The molecule has 2 amide bonds. The van der Waals surface area contributed by atoms with Crippen molar-refractivity contribution < 1.29 is 14.7 Å². The second kappa shape index (κ2) is 6.95. The lowest BCUT2D eigenvalue weighted by Gasteiger charge is -2.35. The molecule has 3 unspecified atom stereocenters. The van der Waals surface area contributed by atoms with Crippen LogP contribution >= 0.6 is 0 Å². The molecule has 0 bridgehead atoms. The molecule has 1 rings (SSSR count). The van der Waals surface area contributed by atoms with Gasteiger partial charge in [0.25, 0.3) is 0 Å². The Hall–Kier alpha value is -1.26. The predicted molar refractivity (Wildman–Crippen MR) is 78.6 cm³/mol. The van der Waals surface area contributed by atoms with E-state index in [2.05, 4.69) is 24.5 Å². The molecule has 3 atom stereocenters. The van der Waals surface area contributed by atoms with Crippen LogP contribution in [0.1, 0.15) is 59.8 Å². The Balaban J connectivity index is 2.51. The zero-order chi connectivity index (χ0) is 15.3. The standard InChI is InChI=1S/C15H28N2O3/c1-5-10(2)12(13(18)19)17-14(20)16-11-7-6-8-15(3,4)9-11/h10-12H,5-9H2,1-4H3,(H,18,19)(H2,16,17,20). The number of carbonyl (C=O) groups is 2. The third-order valence-corrected chi connectivity index (χ3v) is 4.31. The van der Waals surface area contributed by atoms with Crippen LogP contribution in [0.2, 0.25) is 0 Å². The van der Waals surface area contributed by atoms with Crippen LogP contribution in [-0.2, 0) is 4.79 Å². The van der Waals surface area contributed by atoms with Crippen molar-refractivity contribution in [3.8, 4) is 0 Å². The number of rotatable bonds is 5. The van der Waals surface area contributed by atoms with Gasteiger partial charge in [-0.15, -0.1) is 0 Å². The Morgan fingerprint density at radius 3 is 2.55 bits per heavy atom. The summed E-state index contributed by atoms with van der Waals surface area (Å²) in [5.41, 5.74) is 0.249. The van der Waals surface area contributed by atoms with E-state index in [0.717, 1.165) is 19.3 Å². The molecule has 0 radical (unpaired) electrons. The minimum atomic E-state index is -0.974. The van der Waals surface area contributed by atoms with Gasteiger partial charge in [0.15, 0.2) is 0 Å². The number of aliphatic carboxylic acids is 1. The minimum Gasteiger partial charge on any atom is -0.480 e. The Labute approximate surface area is 121 Å².